The van der Waals surface area contributed by atoms with Crippen LogP contribution in [0.4, 0.5) is 5.69 Å². The Labute approximate surface area is 169 Å². The van der Waals surface area contributed by atoms with Crippen LogP contribution in [0.1, 0.15) is 19.3 Å². The molecule has 4 rings (SSSR count). The van der Waals surface area contributed by atoms with Crippen molar-refractivity contribution in [2.24, 2.45) is 5.92 Å². The van der Waals surface area contributed by atoms with E-state index in [-0.39, 0.29) is 17.7 Å². The zero-order valence-electron chi connectivity index (χ0n) is 16.1. The van der Waals surface area contributed by atoms with Gasteiger partial charge in [0.25, 0.3) is 0 Å². The van der Waals surface area contributed by atoms with E-state index in [1.807, 2.05) is 48.5 Å². The van der Waals surface area contributed by atoms with Crippen LogP contribution < -0.4 is 10.1 Å². The molecule has 0 saturated carbocycles. The fraction of sp³-hybridized carbons (Fsp3) is 0.318. The largest absolute Gasteiger partial charge is 0.493 e. The summed E-state index contributed by atoms with van der Waals surface area (Å²) in [4.78, 5) is 27.0. The van der Waals surface area contributed by atoms with Crippen LogP contribution in [0.5, 0.6) is 5.75 Å². The fourth-order valence-corrected chi connectivity index (χ4v) is 3.61. The number of aromatic nitrogens is 2. The lowest BCUT2D eigenvalue weighted by atomic mass is 9.96. The standard InChI is InChI=1S/C22H24N4O3/c27-21(10-12-29-19-6-2-1-3-7-19)26-11-4-5-16(15-26)22(28)24-18-8-9-20-17(13-18)14-23-25-20/h1-3,6-9,13-14,16H,4-5,10-12,15H2,(H,23,25)(H,24,28). The number of H-pyrrole nitrogens is 1. The molecule has 150 valence electrons. The lowest BCUT2D eigenvalue weighted by Crippen LogP contribution is -2.44. The normalized spacial score (nSPS) is 16.6. The molecule has 1 atom stereocenters. The van der Waals surface area contributed by atoms with E-state index in [9.17, 15) is 9.59 Å². The number of aromatic amines is 1. The van der Waals surface area contributed by atoms with Gasteiger partial charge in [0.1, 0.15) is 5.75 Å². The smallest absolute Gasteiger partial charge is 0.229 e. The molecule has 1 aromatic heterocycles. The first-order chi connectivity index (χ1) is 14.2. The number of hydrogen-bond donors (Lipinski definition) is 2. The number of amides is 2. The quantitative estimate of drug-likeness (QED) is 0.674. The second-order valence-electron chi connectivity index (χ2n) is 7.25. The molecule has 0 bridgehead atoms. The maximum Gasteiger partial charge on any atom is 0.229 e. The number of nitrogens with zero attached hydrogens (tertiary/aromatic N) is 2. The molecule has 2 heterocycles. The SMILES string of the molecule is O=C(Nc1ccc2[nH]ncc2c1)C1CCCN(C(=O)CCOc2ccccc2)C1. The number of hydrogen-bond acceptors (Lipinski definition) is 4. The first kappa shape index (κ1) is 19.0. The number of rotatable bonds is 6. The van der Waals surface area contributed by atoms with Crippen LogP contribution in [0.2, 0.25) is 0 Å². The summed E-state index contributed by atoms with van der Waals surface area (Å²) in [6, 6.07) is 15.1. The first-order valence-corrected chi connectivity index (χ1v) is 9.89. The van der Waals surface area contributed by atoms with Gasteiger partial charge in [0, 0.05) is 24.2 Å². The highest BCUT2D eigenvalue weighted by Crippen LogP contribution is 2.21. The lowest BCUT2D eigenvalue weighted by Gasteiger charge is -2.32. The Morgan fingerprint density at radius 3 is 2.93 bits per heavy atom. The van der Waals surface area contributed by atoms with Gasteiger partial charge < -0.3 is 15.0 Å². The average Bonchev–Trinajstić information content (AvgIpc) is 3.22. The number of fused-ring (bicyclic) bond motifs is 1. The third-order valence-corrected chi connectivity index (χ3v) is 5.18. The maximum absolute atomic E-state index is 12.7. The van der Waals surface area contributed by atoms with Gasteiger partial charge in [0.2, 0.25) is 11.8 Å². The minimum atomic E-state index is -0.206. The third-order valence-electron chi connectivity index (χ3n) is 5.18. The van der Waals surface area contributed by atoms with Gasteiger partial charge in [-0.15, -0.1) is 0 Å². The van der Waals surface area contributed by atoms with Crippen LogP contribution in [0.25, 0.3) is 10.9 Å². The van der Waals surface area contributed by atoms with E-state index in [2.05, 4.69) is 15.5 Å². The third kappa shape index (κ3) is 4.74. The number of nitrogens with one attached hydrogen (secondary N) is 2. The van der Waals surface area contributed by atoms with Gasteiger partial charge in [-0.1, -0.05) is 18.2 Å². The number of piperidine rings is 1. The number of carbonyl (C=O) groups excluding carboxylic acids is 2. The van der Waals surface area contributed by atoms with Crippen LogP contribution in [0.15, 0.2) is 54.7 Å². The number of para-hydroxylation sites is 1. The molecule has 1 fully saturated rings. The molecule has 7 heteroatoms. The van der Waals surface area contributed by atoms with Crippen molar-refractivity contribution < 1.29 is 14.3 Å². The van der Waals surface area contributed by atoms with Gasteiger partial charge >= 0.3 is 0 Å². The van der Waals surface area contributed by atoms with Crippen molar-refractivity contribution in [2.75, 3.05) is 25.0 Å². The number of benzene rings is 2. The highest BCUT2D eigenvalue weighted by atomic mass is 16.5. The molecule has 0 spiro atoms. The number of likely N-dealkylation sites (tertiary alicyclic amines) is 1. The Morgan fingerprint density at radius 2 is 2.07 bits per heavy atom. The summed E-state index contributed by atoms with van der Waals surface area (Å²) in [5.41, 5.74) is 1.67. The molecular weight excluding hydrogens is 368 g/mol. The van der Waals surface area contributed by atoms with E-state index in [0.717, 1.165) is 35.2 Å². The Balaban J connectivity index is 1.28. The van der Waals surface area contributed by atoms with Crippen LogP contribution in [-0.4, -0.2) is 46.6 Å². The van der Waals surface area contributed by atoms with Crippen molar-refractivity contribution in [3.8, 4) is 5.75 Å². The maximum atomic E-state index is 12.7. The minimum absolute atomic E-state index is 0.0262. The summed E-state index contributed by atoms with van der Waals surface area (Å²) in [5, 5.41) is 10.8. The van der Waals surface area contributed by atoms with Crippen molar-refractivity contribution >= 4 is 28.4 Å². The molecule has 3 aromatic rings. The van der Waals surface area contributed by atoms with Crippen LogP contribution in [0, 0.1) is 5.92 Å². The second kappa shape index (κ2) is 8.77. The fourth-order valence-electron chi connectivity index (χ4n) is 3.61. The van der Waals surface area contributed by atoms with Crippen molar-refractivity contribution in [3.63, 3.8) is 0 Å². The molecule has 2 amide bonds. The molecule has 1 aliphatic heterocycles. The van der Waals surface area contributed by atoms with Crippen LogP contribution in [-0.2, 0) is 9.59 Å². The zero-order valence-corrected chi connectivity index (χ0v) is 16.1. The van der Waals surface area contributed by atoms with E-state index < -0.39 is 0 Å². The summed E-state index contributed by atoms with van der Waals surface area (Å²) < 4.78 is 5.61. The number of anilines is 1. The Morgan fingerprint density at radius 1 is 1.21 bits per heavy atom. The minimum Gasteiger partial charge on any atom is -0.493 e. The van der Waals surface area contributed by atoms with Crippen LogP contribution in [0.3, 0.4) is 0 Å². The molecular formula is C22H24N4O3. The van der Waals surface area contributed by atoms with Gasteiger partial charge in [-0.05, 0) is 43.2 Å². The molecule has 1 unspecified atom stereocenters. The second-order valence-corrected chi connectivity index (χ2v) is 7.25. The van der Waals surface area contributed by atoms with Gasteiger partial charge in [0.15, 0.2) is 0 Å². The van der Waals surface area contributed by atoms with Gasteiger partial charge in [-0.25, -0.2) is 0 Å². The van der Waals surface area contributed by atoms with Gasteiger partial charge in [-0.3, -0.25) is 14.7 Å². The van der Waals surface area contributed by atoms with Crippen LogP contribution >= 0.6 is 0 Å². The predicted molar refractivity (Wildman–Crippen MR) is 111 cm³/mol. The average molecular weight is 392 g/mol. The van der Waals surface area contributed by atoms with E-state index in [1.165, 1.54) is 0 Å². The highest BCUT2D eigenvalue weighted by Gasteiger charge is 2.28. The zero-order chi connectivity index (χ0) is 20.1. The van der Waals surface area contributed by atoms with E-state index >= 15 is 0 Å². The first-order valence-electron chi connectivity index (χ1n) is 9.89. The van der Waals surface area contributed by atoms with Crippen molar-refractivity contribution in [1.29, 1.82) is 0 Å². The summed E-state index contributed by atoms with van der Waals surface area (Å²) in [5.74, 6) is 0.526. The van der Waals surface area contributed by atoms with Gasteiger partial charge in [0.05, 0.1) is 30.7 Å². The van der Waals surface area contributed by atoms with E-state index in [4.69, 9.17) is 4.74 Å². The predicted octanol–water partition coefficient (Wildman–Crippen LogP) is 3.21. The summed E-state index contributed by atoms with van der Waals surface area (Å²) in [7, 11) is 0. The molecule has 2 N–H and O–H groups in total. The highest BCUT2D eigenvalue weighted by molar-refractivity contribution is 5.95. The number of carbonyl (C=O) groups is 2. The van der Waals surface area contributed by atoms with Gasteiger partial charge in [-0.2, -0.15) is 5.10 Å². The summed E-state index contributed by atoms with van der Waals surface area (Å²) >= 11 is 0. The molecule has 29 heavy (non-hydrogen) atoms. The molecule has 0 aliphatic carbocycles. The van der Waals surface area contributed by atoms with Crippen molar-refractivity contribution in [3.05, 3.63) is 54.7 Å². The molecule has 1 aliphatic rings. The Kier molecular flexibility index (Phi) is 5.74. The van der Waals surface area contributed by atoms with E-state index in [0.29, 0.717) is 26.1 Å². The monoisotopic (exact) mass is 392 g/mol. The molecule has 0 radical (unpaired) electrons. The Bertz CT molecular complexity index is 986. The summed E-state index contributed by atoms with van der Waals surface area (Å²) in [6.45, 7) is 1.47. The number of ether oxygens (including phenoxy) is 1. The topological polar surface area (TPSA) is 87.3 Å². The molecule has 1 saturated heterocycles. The van der Waals surface area contributed by atoms with Crippen molar-refractivity contribution in [1.82, 2.24) is 15.1 Å². The van der Waals surface area contributed by atoms with Crippen molar-refractivity contribution in [2.45, 2.75) is 19.3 Å². The summed E-state index contributed by atoms with van der Waals surface area (Å²) in [6.07, 6.45) is 3.64. The lowest BCUT2D eigenvalue weighted by molar-refractivity contribution is -0.135. The van der Waals surface area contributed by atoms with E-state index in [1.54, 1.807) is 11.1 Å². The Hall–Kier alpha value is -3.35. The molecule has 2 aromatic carbocycles. The molecule has 7 nitrogen and oxygen atoms in total.